The predicted octanol–water partition coefficient (Wildman–Crippen LogP) is 2.84. The number of hydrogen-bond acceptors (Lipinski definition) is 3. The van der Waals surface area contributed by atoms with E-state index in [2.05, 4.69) is 0 Å². The number of halogens is 2. The van der Waals surface area contributed by atoms with Crippen LogP contribution in [0.3, 0.4) is 0 Å². The van der Waals surface area contributed by atoms with E-state index in [0.717, 1.165) is 37.8 Å². The summed E-state index contributed by atoms with van der Waals surface area (Å²) in [6.07, 6.45) is 4.00. The molecule has 0 saturated heterocycles. The van der Waals surface area contributed by atoms with Crippen LogP contribution in [0.25, 0.3) is 0 Å². The molecule has 1 atom stereocenters. The van der Waals surface area contributed by atoms with Crippen LogP contribution in [0.1, 0.15) is 47.6 Å². The predicted molar refractivity (Wildman–Crippen MR) is 71.2 cm³/mol. The molecule has 0 spiro atoms. The molecule has 0 unspecified atom stereocenters. The molecule has 1 aromatic rings. The zero-order valence-corrected chi connectivity index (χ0v) is 11.1. The minimum Gasteiger partial charge on any atom is -0.507 e. The number of carboxylic acids is 1. The zero-order chi connectivity index (χ0) is 13.3. The molecule has 0 bridgehead atoms. The molecule has 1 aromatic carbocycles. The van der Waals surface area contributed by atoms with Gasteiger partial charge in [-0.25, -0.2) is 9.18 Å². The third-order valence-electron chi connectivity index (χ3n) is 3.60. The van der Waals surface area contributed by atoms with Gasteiger partial charge in [0.25, 0.3) is 0 Å². The molecule has 1 fully saturated rings. The van der Waals surface area contributed by atoms with E-state index in [4.69, 9.17) is 10.8 Å². The number of benzene rings is 1. The zero-order valence-electron chi connectivity index (χ0n) is 10.3. The van der Waals surface area contributed by atoms with Crippen molar-refractivity contribution in [3.63, 3.8) is 0 Å². The molecule has 1 saturated carbocycles. The fourth-order valence-corrected chi connectivity index (χ4v) is 2.61. The summed E-state index contributed by atoms with van der Waals surface area (Å²) in [4.78, 5) is 10.9. The number of carboxylic acid groups (broad SMARTS) is 1. The third kappa shape index (κ3) is 3.16. The van der Waals surface area contributed by atoms with Crippen molar-refractivity contribution < 1.29 is 19.4 Å². The summed E-state index contributed by atoms with van der Waals surface area (Å²) in [6.45, 7) is 0. The molecular weight excluding hydrogens is 273 g/mol. The van der Waals surface area contributed by atoms with E-state index in [1.54, 1.807) is 0 Å². The Morgan fingerprint density at radius 1 is 1.37 bits per heavy atom. The molecule has 0 heterocycles. The Bertz CT molecular complexity index is 475. The molecule has 0 aromatic heterocycles. The maximum atomic E-state index is 13.4. The number of carbonyl (C=O) groups is 1. The summed E-state index contributed by atoms with van der Waals surface area (Å²) in [5.74, 6) is -2.27. The van der Waals surface area contributed by atoms with Gasteiger partial charge in [0.05, 0.1) is 0 Å². The highest BCUT2D eigenvalue weighted by molar-refractivity contribution is 5.91. The summed E-state index contributed by atoms with van der Waals surface area (Å²) in [5.41, 5.74) is 5.78. The van der Waals surface area contributed by atoms with Gasteiger partial charge in [0.15, 0.2) is 0 Å². The van der Waals surface area contributed by atoms with Crippen LogP contribution in [0.2, 0.25) is 0 Å². The number of phenols is 1. The maximum Gasteiger partial charge on any atom is 0.339 e. The third-order valence-corrected chi connectivity index (χ3v) is 3.60. The van der Waals surface area contributed by atoms with E-state index in [1.807, 2.05) is 0 Å². The molecule has 0 amide bonds. The maximum absolute atomic E-state index is 13.4. The molecule has 4 N–H and O–H groups in total. The van der Waals surface area contributed by atoms with Gasteiger partial charge in [-0.1, -0.05) is 12.8 Å². The van der Waals surface area contributed by atoms with Crippen molar-refractivity contribution in [2.24, 2.45) is 11.7 Å². The first-order valence-electron chi connectivity index (χ1n) is 6.02. The number of rotatable bonds is 3. The van der Waals surface area contributed by atoms with Gasteiger partial charge < -0.3 is 15.9 Å². The van der Waals surface area contributed by atoms with Crippen LogP contribution in [0.15, 0.2) is 12.1 Å². The fraction of sp³-hybridized carbons (Fsp3) is 0.462. The Hall–Kier alpha value is -1.33. The first-order chi connectivity index (χ1) is 8.50. The van der Waals surface area contributed by atoms with Crippen LogP contribution in [-0.4, -0.2) is 16.2 Å². The second-order valence-corrected chi connectivity index (χ2v) is 4.77. The number of aromatic hydroxyl groups is 1. The topological polar surface area (TPSA) is 83.6 Å². The van der Waals surface area contributed by atoms with Crippen molar-refractivity contribution in [2.45, 2.75) is 31.7 Å². The van der Waals surface area contributed by atoms with E-state index < -0.39 is 29.1 Å². The average Bonchev–Trinajstić information content (AvgIpc) is 2.84. The van der Waals surface area contributed by atoms with Crippen molar-refractivity contribution in [1.82, 2.24) is 0 Å². The molecule has 6 heteroatoms. The van der Waals surface area contributed by atoms with Crippen LogP contribution < -0.4 is 5.73 Å². The Kier molecular flexibility index (Phi) is 5.14. The smallest absolute Gasteiger partial charge is 0.339 e. The van der Waals surface area contributed by atoms with Crippen LogP contribution in [0.4, 0.5) is 4.39 Å². The first-order valence-corrected chi connectivity index (χ1v) is 6.02. The summed E-state index contributed by atoms with van der Waals surface area (Å²) in [5, 5.41) is 18.8. The minimum absolute atomic E-state index is 0. The summed E-state index contributed by atoms with van der Waals surface area (Å²) < 4.78 is 13.4. The summed E-state index contributed by atoms with van der Waals surface area (Å²) >= 11 is 0. The van der Waals surface area contributed by atoms with E-state index in [1.165, 1.54) is 0 Å². The summed E-state index contributed by atoms with van der Waals surface area (Å²) in [7, 11) is 0. The lowest BCUT2D eigenvalue weighted by Crippen LogP contribution is -2.20. The van der Waals surface area contributed by atoms with Gasteiger partial charge in [0.2, 0.25) is 0 Å². The quantitative estimate of drug-likeness (QED) is 0.799. The van der Waals surface area contributed by atoms with E-state index >= 15 is 0 Å². The Morgan fingerprint density at radius 2 is 1.95 bits per heavy atom. The van der Waals surface area contributed by atoms with Gasteiger partial charge in [-0.15, -0.1) is 12.4 Å². The standard InChI is InChI=1S/C13H16FNO3.ClH/c14-8-5-9(11(15)7-3-1-2-4-7)12(16)10(6-8)13(17)18;/h5-7,11,16H,1-4,15H2,(H,17,18);1H/t11-;/m1./s1. The van der Waals surface area contributed by atoms with Crippen LogP contribution in [-0.2, 0) is 0 Å². The molecule has 0 aliphatic heterocycles. The molecule has 1 aliphatic rings. The lowest BCUT2D eigenvalue weighted by molar-refractivity contribution is 0.0692. The van der Waals surface area contributed by atoms with Gasteiger partial charge in [-0.05, 0) is 30.9 Å². The van der Waals surface area contributed by atoms with E-state index in [9.17, 15) is 14.3 Å². The highest BCUT2D eigenvalue weighted by Gasteiger charge is 2.27. The second kappa shape index (κ2) is 6.21. The minimum atomic E-state index is -1.35. The normalized spacial score (nSPS) is 16.9. The van der Waals surface area contributed by atoms with Crippen molar-refractivity contribution in [2.75, 3.05) is 0 Å². The SMILES string of the molecule is Cl.N[C@@H](c1cc(F)cc(C(=O)O)c1O)C1CCCC1. The number of nitrogens with two attached hydrogens (primary N) is 1. The molecule has 4 nitrogen and oxygen atoms in total. The molecule has 19 heavy (non-hydrogen) atoms. The average molecular weight is 290 g/mol. The van der Waals surface area contributed by atoms with Gasteiger partial charge >= 0.3 is 5.97 Å². The van der Waals surface area contributed by atoms with Crippen molar-refractivity contribution >= 4 is 18.4 Å². The Balaban J connectivity index is 0.00000180. The largest absolute Gasteiger partial charge is 0.507 e. The van der Waals surface area contributed by atoms with Crippen molar-refractivity contribution in [3.05, 3.63) is 29.1 Å². The van der Waals surface area contributed by atoms with E-state index in [-0.39, 0.29) is 23.9 Å². The Labute approximate surface area is 116 Å². The van der Waals surface area contributed by atoms with Crippen molar-refractivity contribution in [3.8, 4) is 5.75 Å². The van der Waals surface area contributed by atoms with Gasteiger partial charge in [-0.2, -0.15) is 0 Å². The number of hydrogen-bond donors (Lipinski definition) is 3. The van der Waals surface area contributed by atoms with Gasteiger partial charge in [0, 0.05) is 11.6 Å². The van der Waals surface area contributed by atoms with Crippen LogP contribution in [0, 0.1) is 11.7 Å². The molecule has 0 radical (unpaired) electrons. The van der Waals surface area contributed by atoms with E-state index in [0.29, 0.717) is 0 Å². The van der Waals surface area contributed by atoms with Crippen LogP contribution >= 0.6 is 12.4 Å². The lowest BCUT2D eigenvalue weighted by atomic mass is 9.90. The molecule has 2 rings (SSSR count). The highest BCUT2D eigenvalue weighted by atomic mass is 35.5. The first kappa shape index (κ1) is 15.7. The van der Waals surface area contributed by atoms with Crippen molar-refractivity contribution in [1.29, 1.82) is 0 Å². The molecule has 1 aliphatic carbocycles. The van der Waals surface area contributed by atoms with Gasteiger partial charge in [0.1, 0.15) is 17.1 Å². The molecule has 106 valence electrons. The van der Waals surface area contributed by atoms with Crippen LogP contribution in [0.5, 0.6) is 5.75 Å². The summed E-state index contributed by atoms with van der Waals surface area (Å²) in [6, 6.07) is 1.43. The van der Waals surface area contributed by atoms with Gasteiger partial charge in [-0.3, -0.25) is 0 Å². The second-order valence-electron chi connectivity index (χ2n) is 4.77. The monoisotopic (exact) mass is 289 g/mol. The lowest BCUT2D eigenvalue weighted by Gasteiger charge is -2.21. The number of aromatic carboxylic acids is 1. The fourth-order valence-electron chi connectivity index (χ4n) is 2.61. The Morgan fingerprint density at radius 3 is 2.47 bits per heavy atom. The highest BCUT2D eigenvalue weighted by Crippen LogP contribution is 2.38. The molecular formula is C13H17ClFNO3.